The Balaban J connectivity index is 1.42. The van der Waals surface area contributed by atoms with Crippen LogP contribution in [0, 0.1) is 5.82 Å². The smallest absolute Gasteiger partial charge is 0.276 e. The van der Waals surface area contributed by atoms with E-state index in [1.165, 1.54) is 25.0 Å². The normalized spacial score (nSPS) is 21.0. The summed E-state index contributed by atoms with van der Waals surface area (Å²) in [6.07, 6.45) is 4.06. The van der Waals surface area contributed by atoms with Crippen molar-refractivity contribution in [3.8, 4) is 0 Å². The second kappa shape index (κ2) is 6.32. The first-order valence-corrected chi connectivity index (χ1v) is 8.37. The maximum Gasteiger partial charge on any atom is 0.276 e. The zero-order valence-electron chi connectivity index (χ0n) is 13.4. The number of hydrogen-bond acceptors (Lipinski definition) is 4. The second-order valence-corrected chi connectivity index (χ2v) is 6.51. The van der Waals surface area contributed by atoms with Gasteiger partial charge in [0.1, 0.15) is 5.82 Å². The average molecular weight is 329 g/mol. The largest absolute Gasteiger partial charge is 0.334 e. The standard InChI is InChI=1S/C17H20FN5O/c18-14-5-3-13(4-6-14)10-23-12-16(19-20-23)17(24)22-9-8-21-7-1-2-15(21)11-22/h3-6,12,15H,1-2,7-11H2/t15-/m1/s1. The molecular weight excluding hydrogens is 309 g/mol. The van der Waals surface area contributed by atoms with Crippen LogP contribution in [-0.4, -0.2) is 62.9 Å². The van der Waals surface area contributed by atoms with Crippen LogP contribution in [0.5, 0.6) is 0 Å². The molecule has 4 rings (SSSR count). The zero-order chi connectivity index (χ0) is 16.5. The lowest BCUT2D eigenvalue weighted by Gasteiger charge is -2.37. The Kier molecular flexibility index (Phi) is 4.02. The zero-order valence-corrected chi connectivity index (χ0v) is 13.4. The first-order valence-electron chi connectivity index (χ1n) is 8.37. The Hall–Kier alpha value is -2.28. The molecule has 0 unspecified atom stereocenters. The topological polar surface area (TPSA) is 54.3 Å². The maximum absolute atomic E-state index is 12.9. The SMILES string of the molecule is O=C(c1cn(Cc2ccc(F)cc2)nn1)N1CCN2CCC[C@@H]2C1. The summed E-state index contributed by atoms with van der Waals surface area (Å²) in [7, 11) is 0. The summed E-state index contributed by atoms with van der Waals surface area (Å²) in [4.78, 5) is 17.0. The van der Waals surface area contributed by atoms with Gasteiger partial charge in [0.15, 0.2) is 5.69 Å². The van der Waals surface area contributed by atoms with Crippen LogP contribution in [0.1, 0.15) is 28.9 Å². The molecule has 1 amide bonds. The average Bonchev–Trinajstić information content (AvgIpc) is 3.24. The highest BCUT2D eigenvalue weighted by atomic mass is 19.1. The number of aromatic nitrogens is 3. The Morgan fingerprint density at radius 1 is 1.21 bits per heavy atom. The van der Waals surface area contributed by atoms with Crippen LogP contribution < -0.4 is 0 Å². The van der Waals surface area contributed by atoms with E-state index < -0.39 is 0 Å². The molecule has 3 heterocycles. The van der Waals surface area contributed by atoms with Crippen molar-refractivity contribution in [3.63, 3.8) is 0 Å². The maximum atomic E-state index is 12.9. The van der Waals surface area contributed by atoms with Crippen LogP contribution in [0.15, 0.2) is 30.5 Å². The lowest BCUT2D eigenvalue weighted by atomic mass is 10.1. The Morgan fingerprint density at radius 3 is 2.88 bits per heavy atom. The molecule has 7 heteroatoms. The third kappa shape index (κ3) is 3.03. The number of nitrogens with zero attached hydrogens (tertiary/aromatic N) is 5. The number of fused-ring (bicyclic) bond motifs is 1. The molecule has 126 valence electrons. The molecule has 1 atom stereocenters. The van der Waals surface area contributed by atoms with Gasteiger partial charge in [-0.2, -0.15) is 0 Å². The lowest BCUT2D eigenvalue weighted by molar-refractivity contribution is 0.0565. The summed E-state index contributed by atoms with van der Waals surface area (Å²) < 4.78 is 14.6. The van der Waals surface area contributed by atoms with E-state index in [9.17, 15) is 9.18 Å². The molecule has 6 nitrogen and oxygen atoms in total. The summed E-state index contributed by atoms with van der Waals surface area (Å²) in [6, 6.07) is 6.74. The number of carbonyl (C=O) groups is 1. The minimum absolute atomic E-state index is 0.0492. The van der Waals surface area contributed by atoms with Gasteiger partial charge >= 0.3 is 0 Å². The predicted octanol–water partition coefficient (Wildman–Crippen LogP) is 1.39. The summed E-state index contributed by atoms with van der Waals surface area (Å²) in [5, 5.41) is 8.06. The first kappa shape index (κ1) is 15.3. The third-order valence-corrected chi connectivity index (χ3v) is 4.89. The molecule has 2 aliphatic heterocycles. The number of amides is 1. The number of hydrogen-bond donors (Lipinski definition) is 0. The number of carbonyl (C=O) groups excluding carboxylic acids is 1. The molecule has 24 heavy (non-hydrogen) atoms. The van der Waals surface area contributed by atoms with Gasteiger partial charge in [-0.05, 0) is 37.1 Å². The molecule has 0 spiro atoms. The number of piperazine rings is 1. The highest BCUT2D eigenvalue weighted by Gasteiger charge is 2.33. The van der Waals surface area contributed by atoms with Gasteiger partial charge in [-0.1, -0.05) is 17.3 Å². The Labute approximate surface area is 139 Å². The van der Waals surface area contributed by atoms with Crippen molar-refractivity contribution in [2.24, 2.45) is 0 Å². The fourth-order valence-electron chi connectivity index (χ4n) is 3.59. The molecule has 0 N–H and O–H groups in total. The van der Waals surface area contributed by atoms with E-state index in [4.69, 9.17) is 0 Å². The van der Waals surface area contributed by atoms with Crippen LogP contribution in [0.2, 0.25) is 0 Å². The number of benzene rings is 1. The van der Waals surface area contributed by atoms with E-state index >= 15 is 0 Å². The molecule has 2 saturated heterocycles. The molecule has 0 radical (unpaired) electrons. The second-order valence-electron chi connectivity index (χ2n) is 6.51. The van der Waals surface area contributed by atoms with Crippen molar-refractivity contribution in [2.75, 3.05) is 26.2 Å². The van der Waals surface area contributed by atoms with E-state index in [2.05, 4.69) is 15.2 Å². The summed E-state index contributed by atoms with van der Waals surface area (Å²) >= 11 is 0. The van der Waals surface area contributed by atoms with Crippen molar-refractivity contribution < 1.29 is 9.18 Å². The third-order valence-electron chi connectivity index (χ3n) is 4.89. The van der Waals surface area contributed by atoms with E-state index in [1.54, 1.807) is 23.0 Å². The number of rotatable bonds is 3. The van der Waals surface area contributed by atoms with Gasteiger partial charge < -0.3 is 4.90 Å². The van der Waals surface area contributed by atoms with Gasteiger partial charge in [-0.15, -0.1) is 5.10 Å². The molecule has 0 saturated carbocycles. The molecule has 0 bridgehead atoms. The van der Waals surface area contributed by atoms with E-state index in [1.807, 2.05) is 4.90 Å². The molecule has 2 aromatic rings. The summed E-state index contributed by atoms with van der Waals surface area (Å²) in [5.74, 6) is -0.314. The van der Waals surface area contributed by atoms with Crippen molar-refractivity contribution in [1.29, 1.82) is 0 Å². The van der Waals surface area contributed by atoms with Crippen LogP contribution in [0.3, 0.4) is 0 Å². The van der Waals surface area contributed by atoms with E-state index in [-0.39, 0.29) is 11.7 Å². The monoisotopic (exact) mass is 329 g/mol. The molecular formula is C17H20FN5O. The molecule has 1 aromatic heterocycles. The van der Waals surface area contributed by atoms with Crippen molar-refractivity contribution in [2.45, 2.75) is 25.4 Å². The molecule has 2 fully saturated rings. The van der Waals surface area contributed by atoms with E-state index in [0.29, 0.717) is 18.3 Å². The highest BCUT2D eigenvalue weighted by Crippen LogP contribution is 2.22. The van der Waals surface area contributed by atoms with Gasteiger partial charge in [0.2, 0.25) is 0 Å². The van der Waals surface area contributed by atoms with Crippen molar-refractivity contribution in [1.82, 2.24) is 24.8 Å². The van der Waals surface area contributed by atoms with E-state index in [0.717, 1.165) is 31.7 Å². The first-order chi connectivity index (χ1) is 11.7. The summed E-state index contributed by atoms with van der Waals surface area (Å²) in [6.45, 7) is 4.10. The van der Waals surface area contributed by atoms with Crippen LogP contribution in [-0.2, 0) is 6.54 Å². The van der Waals surface area contributed by atoms with Gasteiger partial charge in [-0.25, -0.2) is 9.07 Å². The fourth-order valence-corrected chi connectivity index (χ4v) is 3.59. The van der Waals surface area contributed by atoms with Crippen LogP contribution in [0.4, 0.5) is 4.39 Å². The van der Waals surface area contributed by atoms with Crippen LogP contribution >= 0.6 is 0 Å². The highest BCUT2D eigenvalue weighted by molar-refractivity contribution is 5.92. The summed E-state index contributed by atoms with van der Waals surface area (Å²) in [5.41, 5.74) is 1.29. The minimum Gasteiger partial charge on any atom is -0.334 e. The number of halogens is 1. The van der Waals surface area contributed by atoms with Gasteiger partial charge in [-0.3, -0.25) is 9.69 Å². The molecule has 2 aliphatic rings. The van der Waals surface area contributed by atoms with Crippen LogP contribution in [0.25, 0.3) is 0 Å². The van der Waals surface area contributed by atoms with Crippen molar-refractivity contribution in [3.05, 3.63) is 47.5 Å². The fraction of sp³-hybridized carbons (Fsp3) is 0.471. The van der Waals surface area contributed by atoms with Gasteiger partial charge in [0.05, 0.1) is 12.7 Å². The predicted molar refractivity (Wildman–Crippen MR) is 86.0 cm³/mol. The minimum atomic E-state index is -0.265. The van der Waals surface area contributed by atoms with Gasteiger partial charge in [0.25, 0.3) is 5.91 Å². The lowest BCUT2D eigenvalue weighted by Crippen LogP contribution is -2.52. The quantitative estimate of drug-likeness (QED) is 0.854. The van der Waals surface area contributed by atoms with Crippen molar-refractivity contribution >= 4 is 5.91 Å². The van der Waals surface area contributed by atoms with Gasteiger partial charge in [0, 0.05) is 25.7 Å². The Morgan fingerprint density at radius 2 is 2.04 bits per heavy atom. The molecule has 1 aromatic carbocycles. The Bertz CT molecular complexity index is 729. The molecule has 0 aliphatic carbocycles.